The quantitative estimate of drug-likeness (QED) is 0.512. The molecule has 0 aromatic rings. The van der Waals surface area contributed by atoms with E-state index in [1.807, 2.05) is 6.26 Å². The molecule has 0 amide bonds. The Bertz CT molecular complexity index is 162. The van der Waals surface area contributed by atoms with Crippen molar-refractivity contribution in [2.24, 2.45) is 0 Å². The van der Waals surface area contributed by atoms with Crippen LogP contribution in [0.1, 0.15) is 12.8 Å². The van der Waals surface area contributed by atoms with Gasteiger partial charge in [-0.2, -0.15) is 20.2 Å². The van der Waals surface area contributed by atoms with Gasteiger partial charge in [-0.1, -0.05) is 0 Å². The Morgan fingerprint density at radius 2 is 2.00 bits per heavy atom. The van der Waals surface area contributed by atoms with Gasteiger partial charge in [0.05, 0.1) is 5.75 Å². The van der Waals surface area contributed by atoms with Gasteiger partial charge in [0.15, 0.2) is 0 Å². The first-order chi connectivity index (χ1) is 4.56. The molecule has 0 atom stereocenters. The van der Waals surface area contributed by atoms with E-state index in [1.54, 1.807) is 11.8 Å². The molecular formula is C5H12O3S2. The van der Waals surface area contributed by atoms with Crippen molar-refractivity contribution in [1.82, 2.24) is 0 Å². The predicted molar refractivity (Wildman–Crippen MR) is 44.0 cm³/mol. The first kappa shape index (κ1) is 10.3. The summed E-state index contributed by atoms with van der Waals surface area (Å²) in [6.45, 7) is 0. The zero-order valence-corrected chi connectivity index (χ0v) is 7.54. The monoisotopic (exact) mass is 184 g/mol. The SMILES string of the molecule is CSCCCCS(=O)(=O)O. The van der Waals surface area contributed by atoms with Crippen LogP contribution in [0.4, 0.5) is 0 Å². The maximum atomic E-state index is 10.1. The summed E-state index contributed by atoms with van der Waals surface area (Å²) in [7, 11) is -3.71. The second-order valence-electron chi connectivity index (χ2n) is 1.99. The van der Waals surface area contributed by atoms with Crippen molar-refractivity contribution in [2.45, 2.75) is 12.8 Å². The van der Waals surface area contributed by atoms with Gasteiger partial charge in [-0.15, -0.1) is 0 Å². The fraction of sp³-hybridized carbons (Fsp3) is 1.00. The number of thioether (sulfide) groups is 1. The van der Waals surface area contributed by atoms with Crippen LogP contribution in [-0.4, -0.2) is 30.7 Å². The third-order valence-corrected chi connectivity index (χ3v) is 2.50. The maximum absolute atomic E-state index is 10.1. The first-order valence-corrected chi connectivity index (χ1v) is 6.00. The molecule has 0 rings (SSSR count). The lowest BCUT2D eigenvalue weighted by Gasteiger charge is -1.95. The van der Waals surface area contributed by atoms with Gasteiger partial charge in [-0.05, 0) is 24.9 Å². The number of unbranched alkanes of at least 4 members (excludes halogenated alkanes) is 1. The molecule has 0 bridgehead atoms. The molecule has 0 spiro atoms. The van der Waals surface area contributed by atoms with Crippen molar-refractivity contribution in [3.05, 3.63) is 0 Å². The standard InChI is InChI=1S/C5H12O3S2/c1-9-4-2-3-5-10(6,7)8/h2-5H2,1H3,(H,6,7,8). The summed E-state index contributed by atoms with van der Waals surface area (Å²) >= 11 is 1.68. The van der Waals surface area contributed by atoms with Crippen molar-refractivity contribution >= 4 is 21.9 Å². The van der Waals surface area contributed by atoms with E-state index in [-0.39, 0.29) is 5.75 Å². The van der Waals surface area contributed by atoms with E-state index in [0.29, 0.717) is 6.42 Å². The molecule has 0 saturated carbocycles. The van der Waals surface area contributed by atoms with Crippen molar-refractivity contribution < 1.29 is 13.0 Å². The Kier molecular flexibility index (Phi) is 5.11. The van der Waals surface area contributed by atoms with E-state index in [1.165, 1.54) is 0 Å². The molecule has 0 aromatic carbocycles. The third kappa shape index (κ3) is 8.26. The average Bonchev–Trinajstić information content (AvgIpc) is 1.78. The molecule has 0 aliphatic rings. The van der Waals surface area contributed by atoms with Crippen molar-refractivity contribution in [3.8, 4) is 0 Å². The van der Waals surface area contributed by atoms with Crippen LogP contribution in [0.15, 0.2) is 0 Å². The van der Waals surface area contributed by atoms with Crippen LogP contribution < -0.4 is 0 Å². The molecule has 3 nitrogen and oxygen atoms in total. The van der Waals surface area contributed by atoms with Crippen LogP contribution in [0.25, 0.3) is 0 Å². The molecule has 1 N–H and O–H groups in total. The van der Waals surface area contributed by atoms with Crippen molar-refractivity contribution in [3.63, 3.8) is 0 Å². The zero-order chi connectivity index (χ0) is 8.04. The minimum atomic E-state index is -3.71. The third-order valence-electron chi connectivity index (χ3n) is 1.00. The summed E-state index contributed by atoms with van der Waals surface area (Å²) in [6.07, 6.45) is 3.37. The maximum Gasteiger partial charge on any atom is 0.264 e. The lowest BCUT2D eigenvalue weighted by molar-refractivity contribution is 0.481. The number of hydrogen-bond donors (Lipinski definition) is 1. The second-order valence-corrected chi connectivity index (χ2v) is 4.54. The molecule has 5 heteroatoms. The van der Waals surface area contributed by atoms with Gasteiger partial charge in [0.1, 0.15) is 0 Å². The minimum absolute atomic E-state index is 0.104. The van der Waals surface area contributed by atoms with Gasteiger partial charge in [0.2, 0.25) is 0 Å². The molecule has 0 aliphatic carbocycles. The number of hydrogen-bond acceptors (Lipinski definition) is 3. The molecule has 62 valence electrons. The largest absolute Gasteiger partial charge is 0.286 e. The lowest BCUT2D eigenvalue weighted by Crippen LogP contribution is -2.03. The molecule has 0 radical (unpaired) electrons. The smallest absolute Gasteiger partial charge is 0.264 e. The molecular weight excluding hydrogens is 172 g/mol. The highest BCUT2D eigenvalue weighted by Gasteiger charge is 2.01. The van der Waals surface area contributed by atoms with Gasteiger partial charge in [0, 0.05) is 0 Å². The Labute approximate surface area is 66.0 Å². The highest BCUT2D eigenvalue weighted by Crippen LogP contribution is 2.00. The van der Waals surface area contributed by atoms with Crippen LogP contribution in [0.5, 0.6) is 0 Å². The Balaban J connectivity index is 3.21. The number of rotatable bonds is 5. The van der Waals surface area contributed by atoms with Gasteiger partial charge in [0.25, 0.3) is 10.1 Å². The Morgan fingerprint density at radius 1 is 1.40 bits per heavy atom. The van der Waals surface area contributed by atoms with E-state index < -0.39 is 10.1 Å². The zero-order valence-electron chi connectivity index (χ0n) is 5.91. The Morgan fingerprint density at radius 3 is 2.40 bits per heavy atom. The predicted octanol–water partition coefficient (Wildman–Crippen LogP) is 1.02. The summed E-state index contributed by atoms with van der Waals surface area (Å²) in [5, 5.41) is 0. The van der Waals surface area contributed by atoms with Gasteiger partial charge >= 0.3 is 0 Å². The van der Waals surface area contributed by atoms with E-state index in [9.17, 15) is 8.42 Å². The molecule has 0 aromatic heterocycles. The van der Waals surface area contributed by atoms with Gasteiger partial charge in [-0.25, -0.2) is 0 Å². The lowest BCUT2D eigenvalue weighted by atomic mass is 10.4. The van der Waals surface area contributed by atoms with Crippen LogP contribution in [-0.2, 0) is 10.1 Å². The van der Waals surface area contributed by atoms with Crippen LogP contribution >= 0.6 is 11.8 Å². The average molecular weight is 184 g/mol. The van der Waals surface area contributed by atoms with Crippen molar-refractivity contribution in [1.29, 1.82) is 0 Å². The summed E-state index contributed by atoms with van der Waals surface area (Å²) in [5.74, 6) is 0.850. The van der Waals surface area contributed by atoms with E-state index in [4.69, 9.17) is 4.55 Å². The van der Waals surface area contributed by atoms with Gasteiger partial charge in [-0.3, -0.25) is 4.55 Å². The molecule has 0 aliphatic heterocycles. The fourth-order valence-electron chi connectivity index (χ4n) is 0.531. The fourth-order valence-corrected chi connectivity index (χ4v) is 1.59. The molecule has 0 unspecified atom stereocenters. The normalized spacial score (nSPS) is 11.8. The molecule has 10 heavy (non-hydrogen) atoms. The topological polar surface area (TPSA) is 54.4 Å². The van der Waals surface area contributed by atoms with Crippen LogP contribution in [0, 0.1) is 0 Å². The molecule has 0 saturated heterocycles. The molecule has 0 fully saturated rings. The second kappa shape index (κ2) is 4.98. The minimum Gasteiger partial charge on any atom is -0.286 e. The summed E-state index contributed by atoms with van der Waals surface area (Å²) in [4.78, 5) is 0. The summed E-state index contributed by atoms with van der Waals surface area (Å²) in [5.41, 5.74) is 0. The molecule has 0 heterocycles. The first-order valence-electron chi connectivity index (χ1n) is 3.00. The highest BCUT2D eigenvalue weighted by molar-refractivity contribution is 7.98. The van der Waals surface area contributed by atoms with E-state index in [0.717, 1.165) is 12.2 Å². The Hall–Kier alpha value is 0.260. The van der Waals surface area contributed by atoms with Crippen molar-refractivity contribution in [2.75, 3.05) is 17.8 Å². The van der Waals surface area contributed by atoms with Gasteiger partial charge < -0.3 is 0 Å². The van der Waals surface area contributed by atoms with Crippen LogP contribution in [0.2, 0.25) is 0 Å². The summed E-state index contributed by atoms with van der Waals surface area (Å²) < 4.78 is 28.6. The summed E-state index contributed by atoms with van der Waals surface area (Å²) in [6, 6.07) is 0. The van der Waals surface area contributed by atoms with Crippen LogP contribution in [0.3, 0.4) is 0 Å². The van der Waals surface area contributed by atoms with E-state index >= 15 is 0 Å². The van der Waals surface area contributed by atoms with E-state index in [2.05, 4.69) is 0 Å². The highest BCUT2D eigenvalue weighted by atomic mass is 32.2.